The van der Waals surface area contributed by atoms with E-state index in [-0.39, 0.29) is 5.82 Å². The van der Waals surface area contributed by atoms with Crippen molar-refractivity contribution in [1.82, 2.24) is 19.7 Å². The topological polar surface area (TPSA) is 74.1 Å². The SMILES string of the molecule is COC(CNc1ncnc2c1cnn2-c1cccc(F)c1)OC. The van der Waals surface area contributed by atoms with Gasteiger partial charge in [0.1, 0.15) is 18.0 Å². The summed E-state index contributed by atoms with van der Waals surface area (Å²) in [6.07, 6.45) is 2.67. The van der Waals surface area contributed by atoms with Crippen molar-refractivity contribution in [2.45, 2.75) is 6.29 Å². The molecule has 0 aliphatic heterocycles. The van der Waals surface area contributed by atoms with E-state index in [0.717, 1.165) is 5.39 Å². The van der Waals surface area contributed by atoms with Gasteiger partial charge in [0.25, 0.3) is 0 Å². The average Bonchev–Trinajstić information content (AvgIpc) is 3.00. The largest absolute Gasteiger partial charge is 0.364 e. The van der Waals surface area contributed by atoms with E-state index in [1.54, 1.807) is 37.2 Å². The second-order valence-electron chi connectivity index (χ2n) is 4.78. The van der Waals surface area contributed by atoms with Crippen LogP contribution in [0.4, 0.5) is 10.2 Å². The molecule has 1 aromatic carbocycles. The molecule has 7 nitrogen and oxygen atoms in total. The molecule has 0 spiro atoms. The second-order valence-corrected chi connectivity index (χ2v) is 4.78. The summed E-state index contributed by atoms with van der Waals surface area (Å²) in [7, 11) is 3.13. The predicted octanol–water partition coefficient (Wildman–Crippen LogP) is 1.99. The maximum atomic E-state index is 13.4. The van der Waals surface area contributed by atoms with Gasteiger partial charge in [-0.25, -0.2) is 19.0 Å². The molecule has 0 saturated heterocycles. The summed E-state index contributed by atoms with van der Waals surface area (Å²) in [4.78, 5) is 8.45. The van der Waals surface area contributed by atoms with Crippen LogP contribution in [0.1, 0.15) is 0 Å². The smallest absolute Gasteiger partial charge is 0.173 e. The first kappa shape index (κ1) is 15.3. The van der Waals surface area contributed by atoms with E-state index in [1.165, 1.54) is 18.5 Å². The molecule has 0 amide bonds. The van der Waals surface area contributed by atoms with Gasteiger partial charge in [0.15, 0.2) is 11.9 Å². The van der Waals surface area contributed by atoms with Gasteiger partial charge < -0.3 is 14.8 Å². The van der Waals surface area contributed by atoms with Crippen LogP contribution in [0.3, 0.4) is 0 Å². The van der Waals surface area contributed by atoms with Crippen molar-refractivity contribution >= 4 is 16.9 Å². The Morgan fingerprint density at radius 1 is 1.26 bits per heavy atom. The number of hydrogen-bond acceptors (Lipinski definition) is 6. The standard InChI is InChI=1S/C15H16FN5O2/c1-22-13(23-2)8-17-14-12-7-20-21(15(12)19-9-18-14)11-5-3-4-10(16)6-11/h3-7,9,13H,8H2,1-2H3,(H,17,18,19). The first-order valence-electron chi connectivity index (χ1n) is 6.97. The Kier molecular flexibility index (Phi) is 4.45. The molecular weight excluding hydrogens is 301 g/mol. The third kappa shape index (κ3) is 3.13. The molecule has 0 saturated carbocycles. The van der Waals surface area contributed by atoms with Gasteiger partial charge in [-0.05, 0) is 18.2 Å². The Labute approximate surface area is 132 Å². The molecule has 2 heterocycles. The summed E-state index contributed by atoms with van der Waals surface area (Å²) >= 11 is 0. The molecule has 0 aliphatic rings. The number of benzene rings is 1. The van der Waals surface area contributed by atoms with Crippen molar-refractivity contribution in [2.24, 2.45) is 0 Å². The summed E-state index contributed by atoms with van der Waals surface area (Å²) in [5.74, 6) is 0.276. The fraction of sp³-hybridized carbons (Fsp3) is 0.267. The molecular formula is C15H16FN5O2. The monoisotopic (exact) mass is 317 g/mol. The van der Waals surface area contributed by atoms with Crippen LogP contribution in [0.25, 0.3) is 16.7 Å². The summed E-state index contributed by atoms with van der Waals surface area (Å²) in [5, 5.41) is 8.14. The van der Waals surface area contributed by atoms with Gasteiger partial charge in [0, 0.05) is 14.2 Å². The average molecular weight is 317 g/mol. The Balaban J connectivity index is 1.94. The van der Waals surface area contributed by atoms with Crippen LogP contribution in [-0.2, 0) is 9.47 Å². The van der Waals surface area contributed by atoms with Gasteiger partial charge in [-0.2, -0.15) is 5.10 Å². The number of methoxy groups -OCH3 is 2. The summed E-state index contributed by atoms with van der Waals surface area (Å²) in [5.41, 5.74) is 1.18. The number of nitrogens with zero attached hydrogens (tertiary/aromatic N) is 4. The van der Waals surface area contributed by atoms with E-state index in [2.05, 4.69) is 20.4 Å². The van der Waals surface area contributed by atoms with Crippen molar-refractivity contribution in [3.05, 3.63) is 42.6 Å². The van der Waals surface area contributed by atoms with Gasteiger partial charge in [0.2, 0.25) is 0 Å². The summed E-state index contributed by atoms with van der Waals surface area (Å²) in [6.45, 7) is 0.421. The van der Waals surface area contributed by atoms with E-state index in [4.69, 9.17) is 9.47 Å². The van der Waals surface area contributed by atoms with Crippen LogP contribution in [0.2, 0.25) is 0 Å². The van der Waals surface area contributed by atoms with Crippen LogP contribution in [-0.4, -0.2) is 46.8 Å². The molecule has 0 aliphatic carbocycles. The summed E-state index contributed by atoms with van der Waals surface area (Å²) < 4.78 is 25.2. The first-order valence-corrected chi connectivity index (χ1v) is 6.97. The maximum Gasteiger partial charge on any atom is 0.173 e. The number of nitrogens with one attached hydrogen (secondary N) is 1. The van der Waals surface area contributed by atoms with Crippen LogP contribution in [0.5, 0.6) is 0 Å². The van der Waals surface area contributed by atoms with Crippen LogP contribution >= 0.6 is 0 Å². The zero-order valence-electron chi connectivity index (χ0n) is 12.7. The second kappa shape index (κ2) is 6.67. The highest BCUT2D eigenvalue weighted by Gasteiger charge is 2.13. The number of hydrogen-bond donors (Lipinski definition) is 1. The zero-order chi connectivity index (χ0) is 16.2. The van der Waals surface area contributed by atoms with E-state index >= 15 is 0 Å². The molecule has 0 bridgehead atoms. The lowest BCUT2D eigenvalue weighted by atomic mass is 10.3. The van der Waals surface area contributed by atoms with Gasteiger partial charge in [-0.1, -0.05) is 6.07 Å². The minimum Gasteiger partial charge on any atom is -0.364 e. The quantitative estimate of drug-likeness (QED) is 0.701. The number of aromatic nitrogens is 4. The molecule has 120 valence electrons. The lowest BCUT2D eigenvalue weighted by Crippen LogP contribution is -2.24. The first-order chi connectivity index (χ1) is 11.2. The Morgan fingerprint density at radius 2 is 2.09 bits per heavy atom. The molecule has 3 aromatic rings. The van der Waals surface area contributed by atoms with Gasteiger partial charge in [-0.15, -0.1) is 0 Å². The highest BCUT2D eigenvalue weighted by Crippen LogP contribution is 2.21. The highest BCUT2D eigenvalue weighted by molar-refractivity contribution is 5.87. The molecule has 8 heteroatoms. The maximum absolute atomic E-state index is 13.4. The van der Waals surface area contributed by atoms with Crippen molar-refractivity contribution in [1.29, 1.82) is 0 Å². The third-order valence-corrected chi connectivity index (χ3v) is 3.38. The van der Waals surface area contributed by atoms with E-state index in [1.807, 2.05) is 0 Å². The van der Waals surface area contributed by atoms with Crippen molar-refractivity contribution < 1.29 is 13.9 Å². The minimum atomic E-state index is -0.390. The molecule has 2 aromatic heterocycles. The number of halogens is 1. The lowest BCUT2D eigenvalue weighted by molar-refractivity contribution is -0.0914. The number of rotatable bonds is 6. The fourth-order valence-corrected chi connectivity index (χ4v) is 2.22. The number of fused-ring (bicyclic) bond motifs is 1. The molecule has 23 heavy (non-hydrogen) atoms. The van der Waals surface area contributed by atoms with Gasteiger partial charge >= 0.3 is 0 Å². The normalized spacial score (nSPS) is 11.3. The van der Waals surface area contributed by atoms with Crippen LogP contribution in [0, 0.1) is 5.82 Å². The number of anilines is 1. The molecule has 0 fully saturated rings. The van der Waals surface area contributed by atoms with E-state index in [9.17, 15) is 4.39 Å². The zero-order valence-corrected chi connectivity index (χ0v) is 12.7. The Hall–Kier alpha value is -2.58. The molecule has 0 unspecified atom stereocenters. The lowest BCUT2D eigenvalue weighted by Gasteiger charge is -2.14. The Bertz CT molecular complexity index is 803. The molecule has 3 rings (SSSR count). The van der Waals surface area contributed by atoms with Crippen molar-refractivity contribution in [3.8, 4) is 5.69 Å². The minimum absolute atomic E-state index is 0.332. The number of ether oxygens (including phenoxy) is 2. The van der Waals surface area contributed by atoms with E-state index < -0.39 is 6.29 Å². The molecule has 0 radical (unpaired) electrons. The van der Waals surface area contributed by atoms with Gasteiger partial charge in [0.05, 0.1) is 23.8 Å². The van der Waals surface area contributed by atoms with Crippen LogP contribution in [0.15, 0.2) is 36.8 Å². The molecule has 1 N–H and O–H groups in total. The Morgan fingerprint density at radius 3 is 2.83 bits per heavy atom. The van der Waals surface area contributed by atoms with Gasteiger partial charge in [-0.3, -0.25) is 0 Å². The third-order valence-electron chi connectivity index (χ3n) is 3.38. The van der Waals surface area contributed by atoms with Crippen molar-refractivity contribution in [2.75, 3.05) is 26.1 Å². The predicted molar refractivity (Wildman–Crippen MR) is 82.9 cm³/mol. The molecule has 0 atom stereocenters. The van der Waals surface area contributed by atoms with Crippen LogP contribution < -0.4 is 5.32 Å². The highest BCUT2D eigenvalue weighted by atomic mass is 19.1. The summed E-state index contributed by atoms with van der Waals surface area (Å²) in [6, 6.07) is 6.16. The fourth-order valence-electron chi connectivity index (χ4n) is 2.22. The van der Waals surface area contributed by atoms with Crippen molar-refractivity contribution in [3.63, 3.8) is 0 Å². The van der Waals surface area contributed by atoms with E-state index in [0.29, 0.717) is 23.7 Å².